The Bertz CT molecular complexity index is 2730. The molecule has 0 aliphatic heterocycles. The van der Waals surface area contributed by atoms with Crippen LogP contribution in [0.4, 0.5) is 0 Å². The molecule has 3 aromatic heterocycles. The van der Waals surface area contributed by atoms with Gasteiger partial charge < -0.3 is 8.98 Å². The van der Waals surface area contributed by atoms with Gasteiger partial charge in [0.2, 0.25) is 0 Å². The Hall–Kier alpha value is -6.59. The van der Waals surface area contributed by atoms with Crippen LogP contribution in [0.2, 0.25) is 0 Å². The molecule has 5 nitrogen and oxygen atoms in total. The van der Waals surface area contributed by atoms with E-state index in [9.17, 15) is 0 Å². The maximum atomic E-state index is 6.76. The van der Waals surface area contributed by atoms with Crippen LogP contribution in [-0.2, 0) is 0 Å². The van der Waals surface area contributed by atoms with Crippen molar-refractivity contribution in [3.05, 3.63) is 164 Å². The Balaban J connectivity index is 1.34. The van der Waals surface area contributed by atoms with Crippen LogP contribution in [0, 0.1) is 0 Å². The van der Waals surface area contributed by atoms with Crippen LogP contribution in [0.1, 0.15) is 12.7 Å². The number of para-hydroxylation sites is 2. The second kappa shape index (κ2) is 11.6. The largest absolute Gasteiger partial charge is 0.454 e. The fraction of sp³-hybridized carbons (Fsp3) is 0.0227. The van der Waals surface area contributed by atoms with E-state index in [4.69, 9.17) is 19.4 Å². The fourth-order valence-corrected chi connectivity index (χ4v) is 6.97. The molecule has 0 N–H and O–H groups in total. The molecule has 0 bridgehead atoms. The summed E-state index contributed by atoms with van der Waals surface area (Å²) in [6.07, 6.45) is 6.00. The number of benzene rings is 6. The first-order valence-corrected chi connectivity index (χ1v) is 16.3. The highest BCUT2D eigenvalue weighted by Gasteiger charge is 2.23. The highest BCUT2D eigenvalue weighted by molar-refractivity contribution is 6.35. The summed E-state index contributed by atoms with van der Waals surface area (Å²) in [5.74, 6) is 1.85. The summed E-state index contributed by atoms with van der Waals surface area (Å²) in [5, 5.41) is 6.86. The van der Waals surface area contributed by atoms with Crippen LogP contribution < -0.4 is 0 Å². The highest BCUT2D eigenvalue weighted by Crippen LogP contribution is 2.45. The second-order valence-electron chi connectivity index (χ2n) is 12.1. The number of rotatable bonds is 6. The van der Waals surface area contributed by atoms with Gasteiger partial charge in [0, 0.05) is 38.4 Å². The molecule has 0 fully saturated rings. The number of hydrogen-bond donors (Lipinski definition) is 0. The zero-order valence-electron chi connectivity index (χ0n) is 26.8. The number of allylic oxidation sites excluding steroid dienone is 5. The van der Waals surface area contributed by atoms with E-state index < -0.39 is 0 Å². The van der Waals surface area contributed by atoms with Gasteiger partial charge in [0.15, 0.2) is 23.1 Å². The summed E-state index contributed by atoms with van der Waals surface area (Å²) in [6, 6.07) is 45.6. The third-order valence-corrected chi connectivity index (χ3v) is 9.11. The molecule has 0 spiro atoms. The van der Waals surface area contributed by atoms with Crippen molar-refractivity contribution in [2.24, 2.45) is 0 Å². The van der Waals surface area contributed by atoms with Gasteiger partial charge in [-0.15, -0.1) is 0 Å². The van der Waals surface area contributed by atoms with Gasteiger partial charge >= 0.3 is 0 Å². The van der Waals surface area contributed by atoms with E-state index in [1.165, 1.54) is 10.8 Å². The Morgan fingerprint density at radius 3 is 1.82 bits per heavy atom. The summed E-state index contributed by atoms with van der Waals surface area (Å²) in [4.78, 5) is 14.9. The molecule has 0 saturated carbocycles. The SMILES string of the molecule is C=C/C=C(\C=C(/C)c1nc(-c2ccccc2)nc(-c2ccccc2)n1)n1c2ccccc2c2c3ccccc3c3c4ccccc4oc3c21. The maximum Gasteiger partial charge on any atom is 0.164 e. The molecule has 9 aromatic rings. The lowest BCUT2D eigenvalue weighted by Crippen LogP contribution is -2.03. The summed E-state index contributed by atoms with van der Waals surface area (Å²) < 4.78 is 9.06. The monoisotopic (exact) mass is 630 g/mol. The Morgan fingerprint density at radius 2 is 1.16 bits per heavy atom. The van der Waals surface area contributed by atoms with Gasteiger partial charge in [-0.1, -0.05) is 134 Å². The van der Waals surface area contributed by atoms with Crippen LogP contribution in [0.5, 0.6) is 0 Å². The molecule has 0 unspecified atom stereocenters. The molecular formula is C44H30N4O. The van der Waals surface area contributed by atoms with E-state index >= 15 is 0 Å². The number of fused-ring (bicyclic) bond motifs is 10. The lowest BCUT2D eigenvalue weighted by molar-refractivity contribution is 0.671. The number of nitrogens with zero attached hydrogens (tertiary/aromatic N) is 4. The normalized spacial score (nSPS) is 12.5. The molecule has 0 saturated heterocycles. The van der Waals surface area contributed by atoms with Crippen molar-refractivity contribution in [3.63, 3.8) is 0 Å². The zero-order valence-corrected chi connectivity index (χ0v) is 26.8. The van der Waals surface area contributed by atoms with E-state index in [1.807, 2.05) is 84.9 Å². The van der Waals surface area contributed by atoms with E-state index in [0.717, 1.165) is 66.1 Å². The topological polar surface area (TPSA) is 56.7 Å². The third-order valence-electron chi connectivity index (χ3n) is 9.11. The molecule has 0 radical (unpaired) electrons. The van der Waals surface area contributed by atoms with E-state index in [1.54, 1.807) is 0 Å². The predicted molar refractivity (Wildman–Crippen MR) is 203 cm³/mol. The molecule has 232 valence electrons. The van der Waals surface area contributed by atoms with Crippen molar-refractivity contribution in [2.75, 3.05) is 0 Å². The average molecular weight is 631 g/mol. The number of aromatic nitrogens is 4. The predicted octanol–water partition coefficient (Wildman–Crippen LogP) is 11.5. The van der Waals surface area contributed by atoms with Gasteiger partial charge in [-0.05, 0) is 47.6 Å². The number of furan rings is 1. The average Bonchev–Trinajstić information content (AvgIpc) is 3.72. The quantitative estimate of drug-likeness (QED) is 0.172. The molecule has 0 amide bonds. The molecule has 0 atom stereocenters. The van der Waals surface area contributed by atoms with Gasteiger partial charge in [-0.25, -0.2) is 15.0 Å². The van der Waals surface area contributed by atoms with Gasteiger partial charge in [0.1, 0.15) is 5.58 Å². The highest BCUT2D eigenvalue weighted by atomic mass is 16.3. The van der Waals surface area contributed by atoms with E-state index in [-0.39, 0.29) is 0 Å². The molecular weight excluding hydrogens is 601 g/mol. The smallest absolute Gasteiger partial charge is 0.164 e. The lowest BCUT2D eigenvalue weighted by atomic mass is 9.99. The van der Waals surface area contributed by atoms with E-state index in [0.29, 0.717) is 17.5 Å². The molecule has 0 aliphatic carbocycles. The van der Waals surface area contributed by atoms with Crippen LogP contribution in [0.15, 0.2) is 163 Å². The zero-order chi connectivity index (χ0) is 32.9. The Morgan fingerprint density at radius 1 is 0.612 bits per heavy atom. The minimum absolute atomic E-state index is 0.600. The second-order valence-corrected chi connectivity index (χ2v) is 12.1. The van der Waals surface area contributed by atoms with E-state index in [2.05, 4.69) is 84.8 Å². The van der Waals surface area contributed by atoms with Gasteiger partial charge in [0.25, 0.3) is 0 Å². The first-order valence-electron chi connectivity index (χ1n) is 16.3. The van der Waals surface area contributed by atoms with Gasteiger partial charge in [-0.3, -0.25) is 0 Å². The van der Waals surface area contributed by atoms with Crippen molar-refractivity contribution in [1.82, 2.24) is 19.5 Å². The van der Waals surface area contributed by atoms with Crippen molar-refractivity contribution in [3.8, 4) is 22.8 Å². The third kappa shape index (κ3) is 4.67. The summed E-state index contributed by atoms with van der Waals surface area (Å²) in [7, 11) is 0. The van der Waals surface area contributed by atoms with Gasteiger partial charge in [-0.2, -0.15) is 0 Å². The molecule has 3 heterocycles. The van der Waals surface area contributed by atoms with Crippen molar-refractivity contribution in [1.29, 1.82) is 0 Å². The molecule has 6 aromatic carbocycles. The summed E-state index contributed by atoms with van der Waals surface area (Å²) >= 11 is 0. The van der Waals surface area contributed by atoms with Gasteiger partial charge in [0.05, 0.1) is 11.0 Å². The Labute approximate surface area is 282 Å². The maximum absolute atomic E-state index is 6.76. The Kier molecular flexibility index (Phi) is 6.76. The van der Waals surface area contributed by atoms with Crippen molar-refractivity contribution < 1.29 is 4.42 Å². The number of hydrogen-bond acceptors (Lipinski definition) is 4. The van der Waals surface area contributed by atoms with Crippen LogP contribution in [0.3, 0.4) is 0 Å². The molecule has 0 aliphatic rings. The van der Waals surface area contributed by atoms with Crippen LogP contribution >= 0.6 is 0 Å². The first kappa shape index (κ1) is 28.6. The van der Waals surface area contributed by atoms with Crippen LogP contribution in [0.25, 0.3) is 88.6 Å². The molecule has 9 rings (SSSR count). The minimum Gasteiger partial charge on any atom is -0.454 e. The molecule has 49 heavy (non-hydrogen) atoms. The van der Waals surface area contributed by atoms with Crippen molar-refractivity contribution >= 4 is 65.8 Å². The summed E-state index contributed by atoms with van der Waals surface area (Å²) in [5.41, 5.74) is 7.45. The first-order chi connectivity index (χ1) is 24.2. The fourth-order valence-electron chi connectivity index (χ4n) is 6.97. The lowest BCUT2D eigenvalue weighted by Gasteiger charge is -2.12. The summed E-state index contributed by atoms with van der Waals surface area (Å²) in [6.45, 7) is 6.17. The molecule has 5 heteroatoms. The standard InChI is InChI=1S/C44H30N4O/c1-3-16-31(27-28(2)42-45-43(29-17-6-4-7-18-29)47-44(46-42)30-19-8-5-9-20-30)48-36-25-14-12-23-34(36)38-32-21-10-11-22-33(32)39-35-24-13-15-26-37(35)49-41(39)40(38)48/h3-27H,1H2,2H3/b28-27+,31-16+. The van der Waals surface area contributed by atoms with Crippen molar-refractivity contribution in [2.45, 2.75) is 6.92 Å². The van der Waals surface area contributed by atoms with Crippen LogP contribution in [-0.4, -0.2) is 19.5 Å². The minimum atomic E-state index is 0.600.